The quantitative estimate of drug-likeness (QED) is 0.755. The normalized spacial score (nSPS) is 10.5. The summed E-state index contributed by atoms with van der Waals surface area (Å²) in [4.78, 5) is 14.4. The van der Waals surface area contributed by atoms with E-state index in [2.05, 4.69) is 20.9 Å². The number of carbonyl (C=O) groups is 1. The molecule has 0 aliphatic carbocycles. The zero-order valence-corrected chi connectivity index (χ0v) is 8.31. The van der Waals surface area contributed by atoms with E-state index in [0.717, 1.165) is 5.56 Å². The van der Waals surface area contributed by atoms with Crippen LogP contribution in [-0.2, 0) is 0 Å². The molecule has 13 heavy (non-hydrogen) atoms. The molecular weight excluding hydrogens is 244 g/mol. The van der Waals surface area contributed by atoms with Gasteiger partial charge in [0.25, 0.3) is 0 Å². The first-order chi connectivity index (χ1) is 6.02. The number of aryl methyl sites for hydroxylation is 1. The van der Waals surface area contributed by atoms with Crippen LogP contribution in [0.15, 0.2) is 16.7 Å². The summed E-state index contributed by atoms with van der Waals surface area (Å²) in [6.07, 6.45) is -1.62. The van der Waals surface area contributed by atoms with Gasteiger partial charge in [0.2, 0.25) is 5.78 Å². The summed E-state index contributed by atoms with van der Waals surface area (Å²) < 4.78 is 24.5. The van der Waals surface area contributed by atoms with E-state index in [0.29, 0.717) is 4.47 Å². The van der Waals surface area contributed by atoms with Crippen LogP contribution in [0.1, 0.15) is 16.1 Å². The van der Waals surface area contributed by atoms with Gasteiger partial charge in [-0.25, -0.2) is 8.78 Å². The van der Waals surface area contributed by atoms with Crippen molar-refractivity contribution in [1.29, 1.82) is 0 Å². The molecule has 0 saturated carbocycles. The van der Waals surface area contributed by atoms with Crippen molar-refractivity contribution in [3.63, 3.8) is 0 Å². The van der Waals surface area contributed by atoms with Crippen LogP contribution in [-0.4, -0.2) is 17.2 Å². The molecule has 0 saturated heterocycles. The Morgan fingerprint density at radius 3 is 2.69 bits per heavy atom. The minimum absolute atomic E-state index is 0.215. The largest absolute Gasteiger partial charge is 0.302 e. The fourth-order valence-corrected chi connectivity index (χ4v) is 1.06. The van der Waals surface area contributed by atoms with Crippen molar-refractivity contribution >= 4 is 21.7 Å². The SMILES string of the molecule is Cc1cnc(C(=O)C(F)F)cc1Br. The molecule has 0 unspecified atom stereocenters. The van der Waals surface area contributed by atoms with E-state index in [1.807, 2.05) is 0 Å². The van der Waals surface area contributed by atoms with Crippen LogP contribution in [0.3, 0.4) is 0 Å². The molecule has 0 N–H and O–H groups in total. The monoisotopic (exact) mass is 249 g/mol. The van der Waals surface area contributed by atoms with Gasteiger partial charge in [-0.2, -0.15) is 0 Å². The van der Waals surface area contributed by atoms with Crippen molar-refractivity contribution in [2.24, 2.45) is 0 Å². The predicted molar refractivity (Wildman–Crippen MR) is 47.0 cm³/mol. The second-order valence-electron chi connectivity index (χ2n) is 2.48. The summed E-state index contributed by atoms with van der Waals surface area (Å²) in [5.74, 6) is -1.25. The van der Waals surface area contributed by atoms with Crippen LogP contribution >= 0.6 is 15.9 Å². The van der Waals surface area contributed by atoms with E-state index in [4.69, 9.17) is 0 Å². The summed E-state index contributed by atoms with van der Waals surface area (Å²) in [5, 5.41) is 0. The van der Waals surface area contributed by atoms with Gasteiger partial charge >= 0.3 is 6.43 Å². The average Bonchev–Trinajstić information content (AvgIpc) is 2.08. The molecule has 0 atom stereocenters. The van der Waals surface area contributed by atoms with Gasteiger partial charge in [0.1, 0.15) is 5.69 Å². The molecule has 0 spiro atoms. The number of carbonyl (C=O) groups excluding carboxylic acids is 1. The molecule has 0 bridgehead atoms. The first-order valence-electron chi connectivity index (χ1n) is 3.47. The van der Waals surface area contributed by atoms with Gasteiger partial charge in [-0.3, -0.25) is 9.78 Å². The summed E-state index contributed by atoms with van der Waals surface area (Å²) in [6, 6.07) is 1.30. The van der Waals surface area contributed by atoms with Gasteiger partial charge < -0.3 is 0 Å². The second-order valence-corrected chi connectivity index (χ2v) is 3.34. The molecule has 2 nitrogen and oxygen atoms in total. The van der Waals surface area contributed by atoms with Crippen molar-refractivity contribution in [3.8, 4) is 0 Å². The third-order valence-electron chi connectivity index (χ3n) is 1.49. The Bertz CT molecular complexity index is 341. The maximum absolute atomic E-state index is 11.9. The Morgan fingerprint density at radius 2 is 2.23 bits per heavy atom. The molecule has 0 fully saturated rings. The first-order valence-corrected chi connectivity index (χ1v) is 4.26. The van der Waals surface area contributed by atoms with Gasteiger partial charge in [0.15, 0.2) is 0 Å². The average molecular weight is 250 g/mol. The Labute approximate surface area is 82.1 Å². The summed E-state index contributed by atoms with van der Waals surface area (Å²) in [7, 11) is 0. The zero-order chi connectivity index (χ0) is 10.0. The lowest BCUT2D eigenvalue weighted by molar-refractivity contribution is 0.0673. The van der Waals surface area contributed by atoms with E-state index in [1.165, 1.54) is 12.3 Å². The lowest BCUT2D eigenvalue weighted by Gasteiger charge is -2.01. The number of pyridine rings is 1. The zero-order valence-electron chi connectivity index (χ0n) is 6.72. The Morgan fingerprint density at radius 1 is 1.62 bits per heavy atom. The van der Waals surface area contributed by atoms with Crippen LogP contribution in [0.2, 0.25) is 0 Å². The molecule has 0 amide bonds. The minimum Gasteiger partial charge on any atom is -0.286 e. The maximum Gasteiger partial charge on any atom is 0.302 e. The lowest BCUT2D eigenvalue weighted by atomic mass is 10.2. The van der Waals surface area contributed by atoms with E-state index in [9.17, 15) is 13.6 Å². The third-order valence-corrected chi connectivity index (χ3v) is 2.34. The van der Waals surface area contributed by atoms with E-state index < -0.39 is 12.2 Å². The van der Waals surface area contributed by atoms with Crippen molar-refractivity contribution in [3.05, 3.63) is 28.0 Å². The van der Waals surface area contributed by atoms with E-state index in [1.54, 1.807) is 6.92 Å². The number of halogens is 3. The summed E-state index contributed by atoms with van der Waals surface area (Å²) in [5.41, 5.74) is 0.582. The highest BCUT2D eigenvalue weighted by atomic mass is 79.9. The van der Waals surface area contributed by atoms with Gasteiger partial charge in [-0.05, 0) is 18.6 Å². The van der Waals surface area contributed by atoms with E-state index >= 15 is 0 Å². The Balaban J connectivity index is 3.04. The van der Waals surface area contributed by atoms with Crippen molar-refractivity contribution in [2.45, 2.75) is 13.3 Å². The molecule has 0 aliphatic heterocycles. The fraction of sp³-hybridized carbons (Fsp3) is 0.250. The number of aromatic nitrogens is 1. The summed E-state index contributed by atoms with van der Waals surface area (Å²) >= 11 is 3.13. The molecule has 0 radical (unpaired) electrons. The minimum atomic E-state index is -3.00. The standard InChI is InChI=1S/C8H6BrF2NO/c1-4-3-12-6(2-5(4)9)7(13)8(10)11/h2-3,8H,1H3. The number of ketones is 1. The molecule has 1 aromatic rings. The van der Waals surface area contributed by atoms with E-state index in [-0.39, 0.29) is 5.69 Å². The van der Waals surface area contributed by atoms with Crippen LogP contribution < -0.4 is 0 Å². The van der Waals surface area contributed by atoms with Crippen molar-refractivity contribution in [2.75, 3.05) is 0 Å². The third kappa shape index (κ3) is 2.30. The number of rotatable bonds is 2. The van der Waals surface area contributed by atoms with Gasteiger partial charge in [0.05, 0.1) is 0 Å². The molecule has 0 aliphatic rings. The number of nitrogens with zero attached hydrogens (tertiary/aromatic N) is 1. The van der Waals surface area contributed by atoms with Crippen LogP contribution in [0.5, 0.6) is 0 Å². The molecule has 1 heterocycles. The van der Waals surface area contributed by atoms with Crippen LogP contribution in [0, 0.1) is 6.92 Å². The van der Waals surface area contributed by atoms with Crippen LogP contribution in [0.25, 0.3) is 0 Å². The molecule has 1 rings (SSSR count). The predicted octanol–water partition coefficient (Wildman–Crippen LogP) is 2.60. The second kappa shape index (κ2) is 3.91. The van der Waals surface area contributed by atoms with Gasteiger partial charge in [-0.1, -0.05) is 15.9 Å². The number of hydrogen-bond acceptors (Lipinski definition) is 2. The fourth-order valence-electron chi connectivity index (χ4n) is 0.746. The van der Waals surface area contributed by atoms with Gasteiger partial charge in [-0.15, -0.1) is 0 Å². The highest BCUT2D eigenvalue weighted by Crippen LogP contribution is 2.16. The Kier molecular flexibility index (Phi) is 3.08. The first kappa shape index (κ1) is 10.2. The number of hydrogen-bond donors (Lipinski definition) is 0. The molecule has 70 valence electrons. The molecule has 1 aromatic heterocycles. The maximum atomic E-state index is 11.9. The number of Topliss-reactive ketones (excluding diaryl/α,β-unsaturated/α-hetero) is 1. The highest BCUT2D eigenvalue weighted by Gasteiger charge is 2.19. The van der Waals surface area contributed by atoms with Gasteiger partial charge in [0, 0.05) is 10.7 Å². The van der Waals surface area contributed by atoms with Crippen molar-refractivity contribution < 1.29 is 13.6 Å². The smallest absolute Gasteiger partial charge is 0.286 e. The highest BCUT2D eigenvalue weighted by molar-refractivity contribution is 9.10. The summed E-state index contributed by atoms with van der Waals surface area (Å²) in [6.45, 7) is 1.76. The van der Waals surface area contributed by atoms with Crippen molar-refractivity contribution in [1.82, 2.24) is 4.98 Å². The Hall–Kier alpha value is -0.840. The number of alkyl halides is 2. The van der Waals surface area contributed by atoms with Crippen LogP contribution in [0.4, 0.5) is 8.78 Å². The molecular formula is C8H6BrF2NO. The topological polar surface area (TPSA) is 30.0 Å². The lowest BCUT2D eigenvalue weighted by Crippen LogP contribution is -2.12. The molecule has 5 heteroatoms. The molecule has 0 aromatic carbocycles.